The summed E-state index contributed by atoms with van der Waals surface area (Å²) in [5.41, 5.74) is 0.479. The van der Waals surface area contributed by atoms with Gasteiger partial charge in [-0.15, -0.1) is 0 Å². The van der Waals surface area contributed by atoms with Crippen LogP contribution in [0.2, 0.25) is 0 Å². The number of rotatable bonds is 2. The van der Waals surface area contributed by atoms with E-state index in [1.54, 1.807) is 24.0 Å². The highest BCUT2D eigenvalue weighted by Crippen LogP contribution is 2.26. The highest BCUT2D eigenvalue weighted by atomic mass is 79.9. The van der Waals surface area contributed by atoms with Crippen LogP contribution in [0.25, 0.3) is 0 Å². The fourth-order valence-electron chi connectivity index (χ4n) is 2.42. The molecule has 1 aliphatic heterocycles. The highest BCUT2D eigenvalue weighted by molar-refractivity contribution is 9.10. The van der Waals surface area contributed by atoms with Gasteiger partial charge in [0.15, 0.2) is 0 Å². The van der Waals surface area contributed by atoms with E-state index in [0.29, 0.717) is 23.1 Å². The van der Waals surface area contributed by atoms with Gasteiger partial charge in [-0.3, -0.25) is 4.79 Å². The number of carbonyl (C=O) groups excluding carboxylic acids is 1. The fraction of sp³-hybridized carbons (Fsp3) is 0.500. The minimum absolute atomic E-state index is 0.0648. The minimum Gasteiger partial charge on any atom is -0.507 e. The summed E-state index contributed by atoms with van der Waals surface area (Å²) in [4.78, 5) is 14.1. The predicted octanol–water partition coefficient (Wildman–Crippen LogP) is 2.39. The maximum absolute atomic E-state index is 12.3. The number of carbonyl (C=O) groups is 1. The first-order valence-corrected chi connectivity index (χ1v) is 7.24. The van der Waals surface area contributed by atoms with E-state index < -0.39 is 6.10 Å². The molecular weight excluding hydrogens is 310 g/mol. The van der Waals surface area contributed by atoms with Gasteiger partial charge < -0.3 is 15.1 Å². The molecule has 1 aromatic rings. The van der Waals surface area contributed by atoms with E-state index in [-0.39, 0.29) is 17.6 Å². The quantitative estimate of drug-likeness (QED) is 0.876. The summed E-state index contributed by atoms with van der Waals surface area (Å²) < 4.78 is 0.574. The van der Waals surface area contributed by atoms with E-state index in [2.05, 4.69) is 15.9 Å². The van der Waals surface area contributed by atoms with Crippen molar-refractivity contribution in [3.05, 3.63) is 28.2 Å². The number of phenols is 1. The minimum atomic E-state index is -0.395. The Morgan fingerprint density at radius 1 is 1.53 bits per heavy atom. The summed E-state index contributed by atoms with van der Waals surface area (Å²) in [5.74, 6) is 0.116. The number of aromatic hydroxyl groups is 1. The summed E-state index contributed by atoms with van der Waals surface area (Å²) in [6.45, 7) is 3.05. The second-order valence-corrected chi connectivity index (χ2v) is 5.91. The van der Waals surface area contributed by atoms with Gasteiger partial charge in [0.05, 0.1) is 10.6 Å². The van der Waals surface area contributed by atoms with Crippen molar-refractivity contribution in [2.45, 2.75) is 25.9 Å². The lowest BCUT2D eigenvalue weighted by atomic mass is 9.93. The number of aliphatic hydroxyl groups is 1. The molecule has 2 rings (SSSR count). The molecule has 1 aliphatic rings. The van der Waals surface area contributed by atoms with Crippen LogP contribution < -0.4 is 0 Å². The molecule has 1 aromatic carbocycles. The Morgan fingerprint density at radius 2 is 2.26 bits per heavy atom. The maximum atomic E-state index is 12.3. The van der Waals surface area contributed by atoms with Crippen LogP contribution in [0.5, 0.6) is 5.75 Å². The fourth-order valence-corrected chi connectivity index (χ4v) is 2.66. The number of benzene rings is 1. The smallest absolute Gasteiger partial charge is 0.253 e. The van der Waals surface area contributed by atoms with Gasteiger partial charge in [0.2, 0.25) is 0 Å². The average molecular weight is 328 g/mol. The van der Waals surface area contributed by atoms with Crippen LogP contribution in [0.4, 0.5) is 0 Å². The number of phenolic OH excluding ortho intramolecular Hbond substituents is 1. The lowest BCUT2D eigenvalue weighted by Crippen LogP contribution is -2.42. The lowest BCUT2D eigenvalue weighted by molar-refractivity contribution is 0.0465. The first kappa shape index (κ1) is 14.3. The topological polar surface area (TPSA) is 60.8 Å². The Bertz CT molecular complexity index is 476. The van der Waals surface area contributed by atoms with E-state index in [4.69, 9.17) is 0 Å². The predicted molar refractivity (Wildman–Crippen MR) is 76.1 cm³/mol. The van der Waals surface area contributed by atoms with Crippen molar-refractivity contribution >= 4 is 21.8 Å². The van der Waals surface area contributed by atoms with Gasteiger partial charge in [0, 0.05) is 24.6 Å². The lowest BCUT2D eigenvalue weighted by Gasteiger charge is -2.34. The maximum Gasteiger partial charge on any atom is 0.253 e. The molecule has 1 saturated heterocycles. The van der Waals surface area contributed by atoms with Crippen LogP contribution in [0.15, 0.2) is 22.7 Å². The number of aliphatic hydroxyl groups excluding tert-OH is 1. The SMILES string of the molecule is CC(O)C1CCCN(C(=O)c2ccc(Br)c(O)c2)C1. The van der Waals surface area contributed by atoms with E-state index in [1.807, 2.05) is 0 Å². The van der Waals surface area contributed by atoms with Gasteiger partial charge in [-0.2, -0.15) is 0 Å². The van der Waals surface area contributed by atoms with Gasteiger partial charge in [0.25, 0.3) is 5.91 Å². The van der Waals surface area contributed by atoms with Crippen LogP contribution in [0.3, 0.4) is 0 Å². The molecule has 1 amide bonds. The molecule has 4 nitrogen and oxygen atoms in total. The van der Waals surface area contributed by atoms with Crippen molar-refractivity contribution in [2.75, 3.05) is 13.1 Å². The molecule has 2 atom stereocenters. The van der Waals surface area contributed by atoms with Gasteiger partial charge >= 0.3 is 0 Å². The molecule has 19 heavy (non-hydrogen) atoms. The molecule has 104 valence electrons. The summed E-state index contributed by atoms with van der Waals surface area (Å²) in [6, 6.07) is 4.83. The van der Waals surface area contributed by atoms with Crippen molar-refractivity contribution in [3.8, 4) is 5.75 Å². The molecule has 0 saturated carbocycles. The molecule has 0 aliphatic carbocycles. The third kappa shape index (κ3) is 3.28. The standard InChI is InChI=1S/C14H18BrNO3/c1-9(17)11-3-2-6-16(8-11)14(19)10-4-5-12(15)13(18)7-10/h4-5,7,9,11,17-18H,2-3,6,8H2,1H3. The highest BCUT2D eigenvalue weighted by Gasteiger charge is 2.27. The Kier molecular flexibility index (Phi) is 4.47. The van der Waals surface area contributed by atoms with E-state index >= 15 is 0 Å². The van der Waals surface area contributed by atoms with Crippen molar-refractivity contribution in [1.82, 2.24) is 4.90 Å². The monoisotopic (exact) mass is 327 g/mol. The van der Waals surface area contributed by atoms with Crippen molar-refractivity contribution in [2.24, 2.45) is 5.92 Å². The molecule has 0 spiro atoms. The number of halogens is 1. The Balaban J connectivity index is 2.12. The van der Waals surface area contributed by atoms with Crippen LogP contribution in [0.1, 0.15) is 30.1 Å². The van der Waals surface area contributed by atoms with Crippen LogP contribution >= 0.6 is 15.9 Å². The molecule has 0 aromatic heterocycles. The normalized spacial score (nSPS) is 21.2. The third-order valence-electron chi connectivity index (χ3n) is 3.62. The molecule has 1 heterocycles. The molecule has 0 bridgehead atoms. The number of hydrogen-bond acceptors (Lipinski definition) is 3. The molecule has 5 heteroatoms. The molecule has 2 N–H and O–H groups in total. The Hall–Kier alpha value is -1.07. The van der Waals surface area contributed by atoms with Gasteiger partial charge in [-0.05, 0) is 53.9 Å². The van der Waals surface area contributed by atoms with Crippen molar-refractivity contribution in [1.29, 1.82) is 0 Å². The van der Waals surface area contributed by atoms with Crippen molar-refractivity contribution in [3.63, 3.8) is 0 Å². The number of piperidine rings is 1. The molecular formula is C14H18BrNO3. The van der Waals surface area contributed by atoms with Crippen molar-refractivity contribution < 1.29 is 15.0 Å². The Morgan fingerprint density at radius 3 is 2.89 bits per heavy atom. The molecule has 0 radical (unpaired) electrons. The number of amides is 1. The van der Waals surface area contributed by atoms with E-state index in [1.165, 1.54) is 6.07 Å². The summed E-state index contributed by atoms with van der Waals surface area (Å²) >= 11 is 3.20. The number of nitrogens with zero attached hydrogens (tertiary/aromatic N) is 1. The van der Waals surface area contributed by atoms with Crippen LogP contribution in [-0.4, -0.2) is 40.2 Å². The number of hydrogen-bond donors (Lipinski definition) is 2. The van der Waals surface area contributed by atoms with Gasteiger partial charge in [-0.1, -0.05) is 0 Å². The van der Waals surface area contributed by atoms with Crippen LogP contribution in [-0.2, 0) is 0 Å². The first-order chi connectivity index (χ1) is 8.99. The summed E-state index contributed by atoms with van der Waals surface area (Å²) in [7, 11) is 0. The van der Waals surface area contributed by atoms with Gasteiger partial charge in [-0.25, -0.2) is 0 Å². The Labute approximate surface area is 121 Å². The zero-order chi connectivity index (χ0) is 14.0. The first-order valence-electron chi connectivity index (χ1n) is 6.45. The average Bonchev–Trinajstić information content (AvgIpc) is 2.41. The second kappa shape index (κ2) is 5.92. The largest absolute Gasteiger partial charge is 0.507 e. The van der Waals surface area contributed by atoms with E-state index in [9.17, 15) is 15.0 Å². The zero-order valence-electron chi connectivity index (χ0n) is 10.8. The zero-order valence-corrected chi connectivity index (χ0v) is 12.4. The number of likely N-dealkylation sites (tertiary alicyclic amines) is 1. The van der Waals surface area contributed by atoms with Gasteiger partial charge in [0.1, 0.15) is 5.75 Å². The summed E-state index contributed by atoms with van der Waals surface area (Å²) in [5, 5.41) is 19.3. The second-order valence-electron chi connectivity index (χ2n) is 5.06. The molecule has 2 unspecified atom stereocenters. The molecule has 1 fully saturated rings. The van der Waals surface area contributed by atoms with Crippen LogP contribution in [0, 0.1) is 5.92 Å². The van der Waals surface area contributed by atoms with E-state index in [0.717, 1.165) is 12.8 Å². The third-order valence-corrected chi connectivity index (χ3v) is 4.29. The summed E-state index contributed by atoms with van der Waals surface area (Å²) in [6.07, 6.45) is 1.46.